The Bertz CT molecular complexity index is 649. The molecule has 6 heteroatoms. The van der Waals surface area contributed by atoms with Crippen molar-refractivity contribution in [2.45, 2.75) is 6.54 Å². The van der Waals surface area contributed by atoms with Crippen molar-refractivity contribution < 1.29 is 9.59 Å². The van der Waals surface area contributed by atoms with Gasteiger partial charge in [-0.15, -0.1) is 11.3 Å². The number of hydrogen-bond donors (Lipinski definition) is 2. The highest BCUT2D eigenvalue weighted by molar-refractivity contribution is 7.12. The number of anilines is 1. The van der Waals surface area contributed by atoms with Gasteiger partial charge in [-0.2, -0.15) is 0 Å². The number of nitrogens with two attached hydrogens (primary N) is 1. The third-order valence-corrected chi connectivity index (χ3v) is 4.02. The molecule has 1 aromatic heterocycles. The summed E-state index contributed by atoms with van der Waals surface area (Å²) in [5, 5.41) is 4.37. The van der Waals surface area contributed by atoms with Crippen molar-refractivity contribution in [1.29, 1.82) is 0 Å². The zero-order valence-corrected chi connectivity index (χ0v) is 12.7. The number of benzene rings is 1. The summed E-state index contributed by atoms with van der Waals surface area (Å²) in [4.78, 5) is 25.9. The average Bonchev–Trinajstić information content (AvgIpc) is 2.92. The second kappa shape index (κ2) is 6.41. The van der Waals surface area contributed by atoms with Gasteiger partial charge in [0.05, 0.1) is 5.69 Å². The molecular formula is C15H17N3O2S. The molecular weight excluding hydrogens is 286 g/mol. The summed E-state index contributed by atoms with van der Waals surface area (Å²) in [5.41, 5.74) is 7.81. The lowest BCUT2D eigenvalue weighted by atomic mass is 10.1. The first-order valence-electron chi connectivity index (χ1n) is 6.42. The number of thiophene rings is 1. The van der Waals surface area contributed by atoms with E-state index in [9.17, 15) is 9.59 Å². The van der Waals surface area contributed by atoms with Crippen molar-refractivity contribution in [3.05, 3.63) is 51.7 Å². The Morgan fingerprint density at radius 3 is 2.43 bits per heavy atom. The quantitative estimate of drug-likeness (QED) is 0.906. The maximum absolute atomic E-state index is 12.2. The van der Waals surface area contributed by atoms with Crippen molar-refractivity contribution in [3.8, 4) is 0 Å². The highest BCUT2D eigenvalue weighted by Crippen LogP contribution is 2.21. The van der Waals surface area contributed by atoms with E-state index in [1.54, 1.807) is 42.6 Å². The van der Waals surface area contributed by atoms with Crippen LogP contribution in [0.2, 0.25) is 0 Å². The van der Waals surface area contributed by atoms with E-state index in [1.807, 2.05) is 12.1 Å². The molecule has 0 aliphatic heterocycles. The second-order valence-electron chi connectivity index (χ2n) is 4.64. The van der Waals surface area contributed by atoms with Gasteiger partial charge in [0, 0.05) is 26.2 Å². The van der Waals surface area contributed by atoms with Gasteiger partial charge in [-0.3, -0.25) is 9.59 Å². The highest BCUT2D eigenvalue weighted by atomic mass is 32.1. The highest BCUT2D eigenvalue weighted by Gasteiger charge is 2.16. The van der Waals surface area contributed by atoms with E-state index < -0.39 is 0 Å². The second-order valence-corrected chi connectivity index (χ2v) is 5.56. The van der Waals surface area contributed by atoms with Crippen LogP contribution in [-0.2, 0) is 6.54 Å². The van der Waals surface area contributed by atoms with E-state index in [2.05, 4.69) is 5.32 Å². The Morgan fingerprint density at radius 1 is 1.24 bits per heavy atom. The van der Waals surface area contributed by atoms with Crippen LogP contribution in [0.1, 0.15) is 25.6 Å². The molecule has 110 valence electrons. The molecule has 0 unspecified atom stereocenters. The first kappa shape index (κ1) is 15.1. The molecule has 0 saturated heterocycles. The molecule has 0 saturated carbocycles. The van der Waals surface area contributed by atoms with E-state index in [-0.39, 0.29) is 11.8 Å². The minimum Gasteiger partial charge on any atom is -0.397 e. The molecule has 0 aliphatic carbocycles. The van der Waals surface area contributed by atoms with Crippen LogP contribution in [0.5, 0.6) is 0 Å². The van der Waals surface area contributed by atoms with E-state index in [0.29, 0.717) is 22.7 Å². The number of nitrogens with one attached hydrogen (secondary N) is 1. The molecule has 2 rings (SSSR count). The lowest BCUT2D eigenvalue weighted by Crippen LogP contribution is -2.26. The van der Waals surface area contributed by atoms with Gasteiger partial charge in [-0.05, 0) is 29.1 Å². The van der Waals surface area contributed by atoms with Crippen molar-refractivity contribution in [3.63, 3.8) is 0 Å². The van der Waals surface area contributed by atoms with E-state index >= 15 is 0 Å². The molecule has 0 bridgehead atoms. The van der Waals surface area contributed by atoms with Gasteiger partial charge in [0.25, 0.3) is 11.8 Å². The first-order valence-corrected chi connectivity index (χ1v) is 7.30. The Hall–Kier alpha value is -2.34. The number of nitrogens with zero attached hydrogens (tertiary/aromatic N) is 1. The molecule has 5 nitrogen and oxygen atoms in total. The van der Waals surface area contributed by atoms with Gasteiger partial charge in [0.1, 0.15) is 4.88 Å². The van der Waals surface area contributed by atoms with Gasteiger partial charge in [-0.25, -0.2) is 0 Å². The van der Waals surface area contributed by atoms with Crippen LogP contribution in [0, 0.1) is 0 Å². The average molecular weight is 303 g/mol. The largest absolute Gasteiger partial charge is 0.397 e. The molecule has 2 amide bonds. The summed E-state index contributed by atoms with van der Waals surface area (Å²) in [6.45, 7) is 0.462. The molecule has 0 atom stereocenters. The molecule has 1 aromatic carbocycles. The molecule has 0 aliphatic rings. The van der Waals surface area contributed by atoms with Gasteiger partial charge < -0.3 is 16.0 Å². The smallest absolute Gasteiger partial charge is 0.266 e. The predicted octanol–water partition coefficient (Wildman–Crippen LogP) is 1.96. The van der Waals surface area contributed by atoms with Crippen LogP contribution in [0.4, 0.5) is 5.69 Å². The monoisotopic (exact) mass is 303 g/mol. The minimum absolute atomic E-state index is 0.0992. The molecule has 0 fully saturated rings. The fourth-order valence-corrected chi connectivity index (χ4v) is 2.73. The molecule has 21 heavy (non-hydrogen) atoms. The Kier molecular flexibility index (Phi) is 4.59. The van der Waals surface area contributed by atoms with Crippen molar-refractivity contribution in [1.82, 2.24) is 10.2 Å². The van der Waals surface area contributed by atoms with E-state index in [0.717, 1.165) is 5.56 Å². The minimum atomic E-state index is -0.127. The fraction of sp³-hybridized carbons (Fsp3) is 0.200. The van der Waals surface area contributed by atoms with Gasteiger partial charge in [-0.1, -0.05) is 12.1 Å². The summed E-state index contributed by atoms with van der Waals surface area (Å²) in [7, 11) is 3.32. The molecule has 1 heterocycles. The fourth-order valence-electron chi connectivity index (χ4n) is 1.92. The van der Waals surface area contributed by atoms with E-state index in [4.69, 9.17) is 5.73 Å². The summed E-state index contributed by atoms with van der Waals surface area (Å²) >= 11 is 1.34. The van der Waals surface area contributed by atoms with Gasteiger partial charge in [0.15, 0.2) is 0 Å². The van der Waals surface area contributed by atoms with Crippen LogP contribution in [-0.4, -0.2) is 30.8 Å². The van der Waals surface area contributed by atoms with Crippen LogP contribution >= 0.6 is 11.3 Å². The molecule has 0 spiro atoms. The number of nitrogen functional groups attached to an aromatic ring is 1. The van der Waals surface area contributed by atoms with Crippen molar-refractivity contribution >= 4 is 28.8 Å². The van der Waals surface area contributed by atoms with Crippen LogP contribution in [0.3, 0.4) is 0 Å². The molecule has 0 radical (unpaired) electrons. The summed E-state index contributed by atoms with van der Waals surface area (Å²) in [6.07, 6.45) is 0. The van der Waals surface area contributed by atoms with E-state index in [1.165, 1.54) is 11.3 Å². The Balaban J connectivity index is 2.06. The predicted molar refractivity (Wildman–Crippen MR) is 84.4 cm³/mol. The number of carbonyl (C=O) groups excluding carboxylic acids is 2. The maximum Gasteiger partial charge on any atom is 0.266 e. The van der Waals surface area contributed by atoms with Crippen LogP contribution < -0.4 is 11.1 Å². The Morgan fingerprint density at radius 2 is 1.90 bits per heavy atom. The first-order chi connectivity index (χ1) is 10.0. The van der Waals surface area contributed by atoms with Gasteiger partial charge >= 0.3 is 0 Å². The lowest BCUT2D eigenvalue weighted by molar-refractivity contribution is 0.0790. The normalized spacial score (nSPS) is 10.2. The van der Waals surface area contributed by atoms with Crippen LogP contribution in [0.25, 0.3) is 0 Å². The third-order valence-electron chi connectivity index (χ3n) is 3.10. The summed E-state index contributed by atoms with van der Waals surface area (Å²) in [5.74, 6) is -0.227. The number of rotatable bonds is 4. The third kappa shape index (κ3) is 3.41. The zero-order valence-electron chi connectivity index (χ0n) is 11.9. The SMILES string of the molecule is CNC(=O)c1ccc(CN(C)C(=O)c2sccc2N)cc1. The maximum atomic E-state index is 12.2. The zero-order chi connectivity index (χ0) is 15.4. The topological polar surface area (TPSA) is 75.4 Å². The van der Waals surface area contributed by atoms with Crippen molar-refractivity contribution in [2.75, 3.05) is 19.8 Å². The van der Waals surface area contributed by atoms with Crippen LogP contribution in [0.15, 0.2) is 35.7 Å². The Labute approximate surface area is 127 Å². The number of carbonyl (C=O) groups is 2. The molecule has 2 aromatic rings. The summed E-state index contributed by atoms with van der Waals surface area (Å²) < 4.78 is 0. The lowest BCUT2D eigenvalue weighted by Gasteiger charge is -2.17. The standard InChI is InChI=1S/C15H17N3O2S/c1-17-14(19)11-5-3-10(4-6-11)9-18(2)15(20)13-12(16)7-8-21-13/h3-8H,9,16H2,1-2H3,(H,17,19). The van der Waals surface area contributed by atoms with Gasteiger partial charge in [0.2, 0.25) is 0 Å². The number of amides is 2. The molecule has 3 N–H and O–H groups in total. The summed E-state index contributed by atoms with van der Waals surface area (Å²) in [6, 6.07) is 8.89. The van der Waals surface area contributed by atoms with Crippen molar-refractivity contribution in [2.24, 2.45) is 0 Å². The number of hydrogen-bond acceptors (Lipinski definition) is 4.